The third-order valence-corrected chi connectivity index (χ3v) is 4.55. The summed E-state index contributed by atoms with van der Waals surface area (Å²) in [5.41, 5.74) is 4.37. The van der Waals surface area contributed by atoms with Gasteiger partial charge in [-0.1, -0.05) is 0 Å². The molecule has 0 aliphatic carbocycles. The molecule has 0 aromatic carbocycles. The van der Waals surface area contributed by atoms with Gasteiger partial charge < -0.3 is 4.98 Å². The molecule has 22 heavy (non-hydrogen) atoms. The Labute approximate surface area is 129 Å². The molecule has 0 bridgehead atoms. The highest BCUT2D eigenvalue weighted by Crippen LogP contribution is 2.27. The molecule has 3 aromatic heterocycles. The van der Waals surface area contributed by atoms with Gasteiger partial charge in [-0.2, -0.15) is 5.10 Å². The van der Waals surface area contributed by atoms with E-state index in [0.717, 1.165) is 36.4 Å². The first-order chi connectivity index (χ1) is 10.8. The Hall–Kier alpha value is -2.21. The first-order valence-corrected chi connectivity index (χ1v) is 7.81. The molecule has 0 spiro atoms. The molecule has 0 radical (unpaired) electrons. The molecule has 1 aliphatic rings. The fourth-order valence-electron chi connectivity index (χ4n) is 3.27. The lowest BCUT2D eigenvalue weighted by molar-refractivity contribution is 0.196. The van der Waals surface area contributed by atoms with E-state index in [4.69, 9.17) is 4.98 Å². The third kappa shape index (κ3) is 2.50. The number of aromatic nitrogens is 5. The van der Waals surface area contributed by atoms with Gasteiger partial charge in [0.15, 0.2) is 5.65 Å². The number of hydrogen-bond donors (Lipinski definition) is 2. The minimum Gasteiger partial charge on any atom is -0.348 e. The second kappa shape index (κ2) is 5.53. The van der Waals surface area contributed by atoms with Gasteiger partial charge in [0.2, 0.25) is 0 Å². The number of imidazole rings is 1. The number of nitrogens with one attached hydrogen (secondary N) is 2. The lowest BCUT2D eigenvalue weighted by Crippen LogP contribution is -2.34. The van der Waals surface area contributed by atoms with Crippen molar-refractivity contribution in [1.29, 1.82) is 0 Å². The summed E-state index contributed by atoms with van der Waals surface area (Å²) in [4.78, 5) is 14.8. The van der Waals surface area contributed by atoms with Crippen LogP contribution in [0.2, 0.25) is 0 Å². The third-order valence-electron chi connectivity index (χ3n) is 4.55. The van der Waals surface area contributed by atoms with Crippen LogP contribution in [0.1, 0.15) is 35.8 Å². The van der Waals surface area contributed by atoms with Crippen LogP contribution in [0, 0.1) is 6.92 Å². The normalized spacial score (nSPS) is 19.8. The van der Waals surface area contributed by atoms with Crippen molar-refractivity contribution in [2.75, 3.05) is 13.1 Å². The monoisotopic (exact) mass is 296 g/mol. The van der Waals surface area contributed by atoms with Crippen molar-refractivity contribution in [3.8, 4) is 0 Å². The Bertz CT molecular complexity index is 774. The highest BCUT2D eigenvalue weighted by Gasteiger charge is 2.23. The lowest BCUT2D eigenvalue weighted by atomic mass is 9.94. The summed E-state index contributed by atoms with van der Waals surface area (Å²) >= 11 is 0. The van der Waals surface area contributed by atoms with Crippen LogP contribution in [0.15, 0.2) is 24.7 Å². The maximum atomic E-state index is 4.74. The number of fused-ring (bicyclic) bond motifs is 1. The largest absolute Gasteiger partial charge is 0.348 e. The van der Waals surface area contributed by atoms with E-state index in [1.807, 2.05) is 6.20 Å². The van der Waals surface area contributed by atoms with Gasteiger partial charge in [-0.15, -0.1) is 0 Å². The zero-order chi connectivity index (χ0) is 14.9. The molecular formula is C16H20N6. The van der Waals surface area contributed by atoms with Crippen LogP contribution in [0.25, 0.3) is 11.0 Å². The summed E-state index contributed by atoms with van der Waals surface area (Å²) in [6.07, 6.45) is 6.00. The minimum atomic E-state index is 0.487. The Balaban J connectivity index is 1.51. The summed E-state index contributed by atoms with van der Waals surface area (Å²) in [6, 6.07) is 4.25. The summed E-state index contributed by atoms with van der Waals surface area (Å²) in [5.74, 6) is 0.487. The maximum absolute atomic E-state index is 4.74. The molecule has 4 rings (SSSR count). The smallest absolute Gasteiger partial charge is 0.155 e. The molecular weight excluding hydrogens is 276 g/mol. The fourth-order valence-corrected chi connectivity index (χ4v) is 3.27. The quantitative estimate of drug-likeness (QED) is 0.778. The van der Waals surface area contributed by atoms with Crippen LogP contribution in [0.3, 0.4) is 0 Å². The fraction of sp³-hybridized carbons (Fsp3) is 0.438. The average Bonchev–Trinajstić information content (AvgIpc) is 3.16. The Morgan fingerprint density at radius 3 is 3.18 bits per heavy atom. The number of pyridine rings is 1. The predicted octanol–water partition coefficient (Wildman–Crippen LogP) is 2.37. The van der Waals surface area contributed by atoms with Crippen molar-refractivity contribution in [1.82, 2.24) is 30.0 Å². The van der Waals surface area contributed by atoms with E-state index < -0.39 is 0 Å². The molecule has 0 amide bonds. The second-order valence-electron chi connectivity index (χ2n) is 6.09. The number of likely N-dealkylation sites (tertiary alicyclic amines) is 1. The molecule has 6 heteroatoms. The Kier molecular flexibility index (Phi) is 3.38. The van der Waals surface area contributed by atoms with Crippen LogP contribution in [0.4, 0.5) is 0 Å². The highest BCUT2D eigenvalue weighted by molar-refractivity contribution is 5.73. The standard InChI is InChI=1S/C16H20N6/c1-11-15(18-10-17-11)9-22-6-2-3-13(8-22)14-5-4-12-7-19-21-16(12)20-14/h4-5,7,10,13H,2-3,6,8-9H2,1H3,(H,17,18)(H,19,20,21)/t13-/m1/s1. The first-order valence-electron chi connectivity index (χ1n) is 7.81. The van der Waals surface area contributed by atoms with Crippen LogP contribution in [0.5, 0.6) is 0 Å². The van der Waals surface area contributed by atoms with E-state index >= 15 is 0 Å². The zero-order valence-corrected chi connectivity index (χ0v) is 12.7. The van der Waals surface area contributed by atoms with Crippen molar-refractivity contribution < 1.29 is 0 Å². The van der Waals surface area contributed by atoms with Crippen LogP contribution in [-0.4, -0.2) is 43.1 Å². The molecule has 1 atom stereocenters. The topological polar surface area (TPSA) is 73.5 Å². The van der Waals surface area contributed by atoms with Gasteiger partial charge in [0.05, 0.1) is 18.2 Å². The van der Waals surface area contributed by atoms with Crippen molar-refractivity contribution in [2.45, 2.75) is 32.2 Å². The molecule has 3 aromatic rings. The van der Waals surface area contributed by atoms with E-state index in [1.165, 1.54) is 24.2 Å². The number of rotatable bonds is 3. The number of H-pyrrole nitrogens is 2. The van der Waals surface area contributed by atoms with Gasteiger partial charge in [0, 0.05) is 35.8 Å². The van der Waals surface area contributed by atoms with Crippen molar-refractivity contribution in [3.05, 3.63) is 41.7 Å². The zero-order valence-electron chi connectivity index (χ0n) is 12.7. The number of aryl methyl sites for hydroxylation is 1. The Morgan fingerprint density at radius 1 is 1.36 bits per heavy atom. The van der Waals surface area contributed by atoms with Gasteiger partial charge in [-0.05, 0) is 38.4 Å². The van der Waals surface area contributed by atoms with Gasteiger partial charge in [0.25, 0.3) is 0 Å². The minimum absolute atomic E-state index is 0.487. The molecule has 0 saturated carbocycles. The number of nitrogens with zero attached hydrogens (tertiary/aromatic N) is 4. The second-order valence-corrected chi connectivity index (χ2v) is 6.09. The summed E-state index contributed by atoms with van der Waals surface area (Å²) in [6.45, 7) is 5.17. The van der Waals surface area contributed by atoms with Gasteiger partial charge in [-0.25, -0.2) is 9.97 Å². The van der Waals surface area contributed by atoms with E-state index in [1.54, 1.807) is 6.33 Å². The van der Waals surface area contributed by atoms with Crippen molar-refractivity contribution >= 4 is 11.0 Å². The average molecular weight is 296 g/mol. The number of aromatic amines is 2. The molecule has 1 aliphatic heterocycles. The van der Waals surface area contributed by atoms with E-state index in [9.17, 15) is 0 Å². The van der Waals surface area contributed by atoms with E-state index in [2.05, 4.69) is 44.1 Å². The van der Waals surface area contributed by atoms with Crippen LogP contribution < -0.4 is 0 Å². The predicted molar refractivity (Wildman–Crippen MR) is 84.5 cm³/mol. The van der Waals surface area contributed by atoms with Crippen molar-refractivity contribution in [3.63, 3.8) is 0 Å². The molecule has 6 nitrogen and oxygen atoms in total. The molecule has 1 fully saturated rings. The Morgan fingerprint density at radius 2 is 2.32 bits per heavy atom. The van der Waals surface area contributed by atoms with E-state index in [-0.39, 0.29) is 0 Å². The number of piperidine rings is 1. The lowest BCUT2D eigenvalue weighted by Gasteiger charge is -2.32. The molecule has 2 N–H and O–H groups in total. The highest BCUT2D eigenvalue weighted by atomic mass is 15.2. The van der Waals surface area contributed by atoms with Gasteiger partial charge in [-0.3, -0.25) is 10.00 Å². The van der Waals surface area contributed by atoms with Crippen LogP contribution in [-0.2, 0) is 6.54 Å². The molecule has 114 valence electrons. The summed E-state index contributed by atoms with van der Waals surface area (Å²) in [7, 11) is 0. The molecule has 1 saturated heterocycles. The molecule has 0 unspecified atom stereocenters. The van der Waals surface area contributed by atoms with Gasteiger partial charge >= 0.3 is 0 Å². The molecule has 4 heterocycles. The maximum Gasteiger partial charge on any atom is 0.155 e. The SMILES string of the molecule is Cc1[nH]cnc1CN1CCC[C@@H](c2ccc3cn[nH]c3n2)C1. The summed E-state index contributed by atoms with van der Waals surface area (Å²) in [5, 5.41) is 8.09. The van der Waals surface area contributed by atoms with E-state index in [0.29, 0.717) is 5.92 Å². The number of hydrogen-bond acceptors (Lipinski definition) is 4. The first kappa shape index (κ1) is 13.5. The summed E-state index contributed by atoms with van der Waals surface area (Å²) < 4.78 is 0. The van der Waals surface area contributed by atoms with Crippen LogP contribution >= 0.6 is 0 Å². The van der Waals surface area contributed by atoms with Gasteiger partial charge in [0.1, 0.15) is 0 Å². The van der Waals surface area contributed by atoms with Crippen molar-refractivity contribution in [2.24, 2.45) is 0 Å².